The molecule has 0 saturated heterocycles. The first-order valence-electron chi connectivity index (χ1n) is 7.31. The summed E-state index contributed by atoms with van der Waals surface area (Å²) in [5, 5.41) is 3.02. The molecule has 3 rings (SSSR count). The summed E-state index contributed by atoms with van der Waals surface area (Å²) in [6.45, 7) is 4.31. The van der Waals surface area contributed by atoms with Crippen molar-refractivity contribution in [2.45, 2.75) is 26.2 Å². The van der Waals surface area contributed by atoms with Crippen LogP contribution >= 0.6 is 11.7 Å². The van der Waals surface area contributed by atoms with Crippen molar-refractivity contribution in [3.8, 4) is 0 Å². The van der Waals surface area contributed by atoms with Crippen LogP contribution in [-0.2, 0) is 0 Å². The first kappa shape index (κ1) is 14.7. The Balaban J connectivity index is 1.88. The lowest BCUT2D eigenvalue weighted by Crippen LogP contribution is -2.13. The SMILES string of the molecule is CC[C@@H](C)c1ccccc1NC(=O)c1ccc2nsnc2c1. The smallest absolute Gasteiger partial charge is 0.255 e. The summed E-state index contributed by atoms with van der Waals surface area (Å²) < 4.78 is 8.33. The summed E-state index contributed by atoms with van der Waals surface area (Å²) in [5.74, 6) is 0.285. The Hall–Kier alpha value is -2.27. The highest BCUT2D eigenvalue weighted by molar-refractivity contribution is 7.00. The van der Waals surface area contributed by atoms with Gasteiger partial charge in [0.05, 0.1) is 11.7 Å². The second-order valence-electron chi connectivity index (χ2n) is 5.32. The monoisotopic (exact) mass is 311 g/mol. The molecule has 0 bridgehead atoms. The predicted octanol–water partition coefficient (Wildman–Crippen LogP) is 4.46. The number of carbonyl (C=O) groups excluding carboxylic acids is 1. The molecule has 0 unspecified atom stereocenters. The van der Waals surface area contributed by atoms with Crippen molar-refractivity contribution in [3.63, 3.8) is 0 Å². The second-order valence-corrected chi connectivity index (χ2v) is 5.85. The average molecular weight is 311 g/mol. The van der Waals surface area contributed by atoms with Crippen molar-refractivity contribution in [2.24, 2.45) is 0 Å². The third-order valence-electron chi connectivity index (χ3n) is 3.87. The van der Waals surface area contributed by atoms with Gasteiger partial charge in [-0.2, -0.15) is 8.75 Å². The van der Waals surface area contributed by atoms with E-state index in [1.165, 1.54) is 0 Å². The molecule has 22 heavy (non-hydrogen) atoms. The van der Waals surface area contributed by atoms with Crippen molar-refractivity contribution >= 4 is 34.4 Å². The van der Waals surface area contributed by atoms with Gasteiger partial charge in [0, 0.05) is 11.3 Å². The summed E-state index contributed by atoms with van der Waals surface area (Å²) in [6.07, 6.45) is 1.03. The highest BCUT2D eigenvalue weighted by atomic mass is 32.1. The summed E-state index contributed by atoms with van der Waals surface area (Å²) >= 11 is 1.15. The van der Waals surface area contributed by atoms with Gasteiger partial charge >= 0.3 is 0 Å². The minimum atomic E-state index is -0.120. The Morgan fingerprint density at radius 1 is 1.18 bits per heavy atom. The van der Waals surface area contributed by atoms with E-state index in [0.717, 1.165) is 40.4 Å². The van der Waals surface area contributed by atoms with Gasteiger partial charge in [0.25, 0.3) is 5.91 Å². The first-order valence-corrected chi connectivity index (χ1v) is 8.04. The molecule has 2 aromatic carbocycles. The van der Waals surface area contributed by atoms with Gasteiger partial charge in [-0.15, -0.1) is 0 Å². The zero-order valence-corrected chi connectivity index (χ0v) is 13.4. The van der Waals surface area contributed by atoms with Crippen LogP contribution in [0, 0.1) is 0 Å². The molecule has 5 heteroatoms. The molecule has 3 aromatic rings. The van der Waals surface area contributed by atoms with Gasteiger partial charge in [-0.25, -0.2) is 0 Å². The number of carbonyl (C=O) groups is 1. The summed E-state index contributed by atoms with van der Waals surface area (Å²) in [7, 11) is 0. The maximum absolute atomic E-state index is 12.5. The van der Waals surface area contributed by atoms with E-state index in [4.69, 9.17) is 0 Å². The Bertz CT molecular complexity index is 812. The van der Waals surface area contributed by atoms with E-state index in [1.807, 2.05) is 24.3 Å². The van der Waals surface area contributed by atoms with Crippen LogP contribution in [0.3, 0.4) is 0 Å². The van der Waals surface area contributed by atoms with Crippen LogP contribution in [-0.4, -0.2) is 14.7 Å². The number of nitrogens with one attached hydrogen (secondary N) is 1. The van der Waals surface area contributed by atoms with E-state index in [-0.39, 0.29) is 5.91 Å². The van der Waals surface area contributed by atoms with E-state index in [2.05, 4.69) is 34.0 Å². The molecule has 0 aliphatic carbocycles. The zero-order chi connectivity index (χ0) is 15.5. The minimum Gasteiger partial charge on any atom is -0.322 e. The van der Waals surface area contributed by atoms with Crippen LogP contribution in [0.25, 0.3) is 11.0 Å². The number of rotatable bonds is 4. The lowest BCUT2D eigenvalue weighted by molar-refractivity contribution is 0.102. The molecule has 1 aromatic heterocycles. The fourth-order valence-corrected chi connectivity index (χ4v) is 2.90. The quantitative estimate of drug-likeness (QED) is 0.774. The molecule has 1 N–H and O–H groups in total. The van der Waals surface area contributed by atoms with Crippen molar-refractivity contribution in [3.05, 3.63) is 53.6 Å². The topological polar surface area (TPSA) is 54.9 Å². The number of fused-ring (bicyclic) bond motifs is 1. The lowest BCUT2D eigenvalue weighted by atomic mass is 9.97. The normalized spacial score (nSPS) is 12.3. The van der Waals surface area contributed by atoms with Crippen molar-refractivity contribution in [1.29, 1.82) is 0 Å². The van der Waals surface area contributed by atoms with E-state index >= 15 is 0 Å². The Morgan fingerprint density at radius 2 is 1.95 bits per heavy atom. The molecule has 0 radical (unpaired) electrons. The highest BCUT2D eigenvalue weighted by Gasteiger charge is 2.13. The Morgan fingerprint density at radius 3 is 2.77 bits per heavy atom. The number of para-hydroxylation sites is 1. The van der Waals surface area contributed by atoms with E-state index < -0.39 is 0 Å². The fraction of sp³-hybridized carbons (Fsp3) is 0.235. The molecular weight excluding hydrogens is 294 g/mol. The number of hydrogen-bond donors (Lipinski definition) is 1. The lowest BCUT2D eigenvalue weighted by Gasteiger charge is -2.15. The maximum Gasteiger partial charge on any atom is 0.255 e. The third kappa shape index (κ3) is 2.85. The Labute approximate surface area is 133 Å². The molecule has 112 valence electrons. The van der Waals surface area contributed by atoms with Crippen LogP contribution < -0.4 is 5.32 Å². The van der Waals surface area contributed by atoms with Crippen LogP contribution in [0.1, 0.15) is 42.1 Å². The number of benzene rings is 2. The number of aromatic nitrogens is 2. The van der Waals surface area contributed by atoms with Gasteiger partial charge in [0.1, 0.15) is 11.0 Å². The van der Waals surface area contributed by atoms with E-state index in [9.17, 15) is 4.79 Å². The number of hydrogen-bond acceptors (Lipinski definition) is 4. The Kier molecular flexibility index (Phi) is 4.15. The molecule has 0 aliphatic rings. The standard InChI is InChI=1S/C17H17N3OS/c1-3-11(2)13-6-4-5-7-14(13)18-17(21)12-8-9-15-16(10-12)20-22-19-15/h4-11H,3H2,1-2H3,(H,18,21)/t11-/m1/s1. The first-order chi connectivity index (χ1) is 10.7. The van der Waals surface area contributed by atoms with Gasteiger partial charge in [-0.3, -0.25) is 4.79 Å². The maximum atomic E-state index is 12.5. The second kappa shape index (κ2) is 6.23. The van der Waals surface area contributed by atoms with E-state index in [0.29, 0.717) is 11.5 Å². The highest BCUT2D eigenvalue weighted by Crippen LogP contribution is 2.27. The summed E-state index contributed by atoms with van der Waals surface area (Å²) in [5.41, 5.74) is 4.21. The van der Waals surface area contributed by atoms with Gasteiger partial charge in [-0.1, -0.05) is 32.0 Å². The number of nitrogens with zero attached hydrogens (tertiary/aromatic N) is 2. The molecule has 1 heterocycles. The molecule has 0 spiro atoms. The van der Waals surface area contributed by atoms with Crippen molar-refractivity contribution < 1.29 is 4.79 Å². The van der Waals surface area contributed by atoms with Crippen molar-refractivity contribution in [1.82, 2.24) is 8.75 Å². The van der Waals surface area contributed by atoms with Crippen LogP contribution in [0.2, 0.25) is 0 Å². The summed E-state index contributed by atoms with van der Waals surface area (Å²) in [4.78, 5) is 12.5. The largest absolute Gasteiger partial charge is 0.322 e. The van der Waals surface area contributed by atoms with E-state index in [1.54, 1.807) is 12.1 Å². The van der Waals surface area contributed by atoms with Crippen molar-refractivity contribution in [2.75, 3.05) is 5.32 Å². The molecule has 0 saturated carbocycles. The minimum absolute atomic E-state index is 0.120. The molecule has 0 aliphatic heterocycles. The summed E-state index contributed by atoms with van der Waals surface area (Å²) in [6, 6.07) is 13.3. The van der Waals surface area contributed by atoms with Gasteiger partial charge in [0.15, 0.2) is 0 Å². The zero-order valence-electron chi connectivity index (χ0n) is 12.5. The van der Waals surface area contributed by atoms with Gasteiger partial charge in [-0.05, 0) is 42.2 Å². The fourth-order valence-electron chi connectivity index (χ4n) is 2.38. The predicted molar refractivity (Wildman–Crippen MR) is 90.5 cm³/mol. The molecule has 4 nitrogen and oxygen atoms in total. The number of amides is 1. The molecule has 0 fully saturated rings. The van der Waals surface area contributed by atoms with Crippen LogP contribution in [0.5, 0.6) is 0 Å². The number of anilines is 1. The van der Waals surface area contributed by atoms with Crippen LogP contribution in [0.4, 0.5) is 5.69 Å². The molecule has 1 amide bonds. The average Bonchev–Trinajstić information content (AvgIpc) is 3.02. The van der Waals surface area contributed by atoms with Crippen LogP contribution in [0.15, 0.2) is 42.5 Å². The molecule has 1 atom stereocenters. The van der Waals surface area contributed by atoms with Gasteiger partial charge < -0.3 is 5.32 Å². The molecular formula is C17H17N3OS. The van der Waals surface area contributed by atoms with Gasteiger partial charge in [0.2, 0.25) is 0 Å². The third-order valence-corrected chi connectivity index (χ3v) is 4.42.